The maximum atomic E-state index is 12.6. The Labute approximate surface area is 145 Å². The molecule has 2 heterocycles. The number of anilines is 1. The van der Waals surface area contributed by atoms with Gasteiger partial charge in [0.1, 0.15) is 5.82 Å². The molecule has 0 N–H and O–H groups in total. The van der Waals surface area contributed by atoms with Crippen molar-refractivity contribution in [3.8, 4) is 0 Å². The number of carbonyl (C=O) groups is 1. The zero-order valence-corrected chi connectivity index (χ0v) is 14.6. The molecule has 24 heavy (non-hydrogen) atoms. The summed E-state index contributed by atoms with van der Waals surface area (Å²) < 4.78 is 2.12. The highest BCUT2D eigenvalue weighted by Gasteiger charge is 2.34. The number of hydrogen-bond acceptors (Lipinski definition) is 3. The minimum absolute atomic E-state index is 0.132. The largest absolute Gasteiger partial charge is 0.331 e. The molecule has 1 aliphatic rings. The first-order valence-electron chi connectivity index (χ1n) is 8.03. The van der Waals surface area contributed by atoms with Gasteiger partial charge in [-0.3, -0.25) is 4.79 Å². The summed E-state index contributed by atoms with van der Waals surface area (Å²) in [7, 11) is 2.03. The van der Waals surface area contributed by atoms with Crippen LogP contribution in [0.15, 0.2) is 53.4 Å². The van der Waals surface area contributed by atoms with E-state index in [2.05, 4.69) is 22.8 Å². The standard InChI is InChI=1S/C19H19N3OS/c1-21-17-9-4-3-8-16(17)20-19(21)13-10-18(23)22(12-13)14-6-5-7-15(11-14)24-2/h3-9,11,13H,10,12H2,1-2H3/t13-/m1/s1. The third-order valence-corrected chi connectivity index (χ3v) is 5.40. The van der Waals surface area contributed by atoms with Crippen molar-refractivity contribution in [2.75, 3.05) is 17.7 Å². The zero-order valence-electron chi connectivity index (χ0n) is 13.8. The van der Waals surface area contributed by atoms with Crippen LogP contribution in [0, 0.1) is 0 Å². The number of nitrogens with zero attached hydrogens (tertiary/aromatic N) is 3. The van der Waals surface area contributed by atoms with Crippen LogP contribution in [0.3, 0.4) is 0 Å². The number of hydrogen-bond donors (Lipinski definition) is 0. The van der Waals surface area contributed by atoms with E-state index in [-0.39, 0.29) is 11.8 Å². The molecule has 3 aromatic rings. The second-order valence-corrected chi connectivity index (χ2v) is 7.00. The van der Waals surface area contributed by atoms with E-state index in [0.29, 0.717) is 13.0 Å². The SMILES string of the molecule is CSc1cccc(N2C[C@H](c3nc4ccccc4n3C)CC2=O)c1. The van der Waals surface area contributed by atoms with Crippen molar-refractivity contribution in [3.05, 3.63) is 54.4 Å². The minimum Gasteiger partial charge on any atom is -0.331 e. The van der Waals surface area contributed by atoms with Gasteiger partial charge in [0, 0.05) is 36.5 Å². The second kappa shape index (κ2) is 5.98. The summed E-state index contributed by atoms with van der Waals surface area (Å²) in [5, 5.41) is 0. The quantitative estimate of drug-likeness (QED) is 0.682. The van der Waals surface area contributed by atoms with Crippen LogP contribution in [0.1, 0.15) is 18.2 Å². The fraction of sp³-hybridized carbons (Fsp3) is 0.263. The van der Waals surface area contributed by atoms with Gasteiger partial charge >= 0.3 is 0 Å². The lowest BCUT2D eigenvalue weighted by atomic mass is 10.1. The van der Waals surface area contributed by atoms with Gasteiger partial charge in [0.25, 0.3) is 0 Å². The van der Waals surface area contributed by atoms with Crippen LogP contribution in [0.25, 0.3) is 11.0 Å². The van der Waals surface area contributed by atoms with Gasteiger partial charge in [-0.25, -0.2) is 4.98 Å². The molecule has 1 aliphatic heterocycles. The summed E-state index contributed by atoms with van der Waals surface area (Å²) in [6.45, 7) is 0.688. The van der Waals surface area contributed by atoms with Gasteiger partial charge in [-0.15, -0.1) is 11.8 Å². The molecule has 0 bridgehead atoms. The predicted octanol–water partition coefficient (Wildman–Crippen LogP) is 3.82. The first kappa shape index (κ1) is 15.3. The number of benzene rings is 2. The molecule has 0 aliphatic carbocycles. The Morgan fingerprint density at radius 3 is 2.79 bits per heavy atom. The van der Waals surface area contributed by atoms with Gasteiger partial charge in [-0.2, -0.15) is 0 Å². The van der Waals surface area contributed by atoms with Gasteiger partial charge in [-0.1, -0.05) is 18.2 Å². The molecule has 4 nitrogen and oxygen atoms in total. The van der Waals surface area contributed by atoms with E-state index >= 15 is 0 Å². The average Bonchev–Trinajstić information content (AvgIpc) is 3.16. The van der Waals surface area contributed by atoms with E-state index < -0.39 is 0 Å². The second-order valence-electron chi connectivity index (χ2n) is 6.12. The summed E-state index contributed by atoms with van der Waals surface area (Å²) in [6, 6.07) is 16.3. The van der Waals surface area contributed by atoms with E-state index in [1.807, 2.05) is 48.5 Å². The number of para-hydroxylation sites is 2. The molecule has 0 unspecified atom stereocenters. The van der Waals surface area contributed by atoms with E-state index in [1.54, 1.807) is 11.8 Å². The van der Waals surface area contributed by atoms with Crippen molar-refractivity contribution < 1.29 is 4.79 Å². The highest BCUT2D eigenvalue weighted by atomic mass is 32.2. The Bertz CT molecular complexity index is 918. The average molecular weight is 337 g/mol. The molecule has 4 rings (SSSR count). The maximum absolute atomic E-state index is 12.6. The fourth-order valence-corrected chi connectivity index (χ4v) is 3.89. The molecule has 0 radical (unpaired) electrons. The maximum Gasteiger partial charge on any atom is 0.227 e. The topological polar surface area (TPSA) is 38.1 Å². The normalized spacial score (nSPS) is 17.8. The Morgan fingerprint density at radius 2 is 2.00 bits per heavy atom. The summed E-state index contributed by atoms with van der Waals surface area (Å²) in [4.78, 5) is 20.4. The van der Waals surface area contributed by atoms with E-state index in [1.165, 1.54) is 4.90 Å². The first-order chi connectivity index (χ1) is 11.7. The lowest BCUT2D eigenvalue weighted by molar-refractivity contribution is -0.117. The predicted molar refractivity (Wildman–Crippen MR) is 98.6 cm³/mol. The highest BCUT2D eigenvalue weighted by molar-refractivity contribution is 7.98. The van der Waals surface area contributed by atoms with Gasteiger partial charge in [0.2, 0.25) is 5.91 Å². The van der Waals surface area contributed by atoms with Gasteiger partial charge < -0.3 is 9.47 Å². The van der Waals surface area contributed by atoms with Crippen molar-refractivity contribution in [1.29, 1.82) is 0 Å². The summed E-state index contributed by atoms with van der Waals surface area (Å²) in [5.74, 6) is 1.30. The van der Waals surface area contributed by atoms with Crippen LogP contribution in [0.4, 0.5) is 5.69 Å². The molecule has 0 spiro atoms. The Kier molecular flexibility index (Phi) is 3.81. The third kappa shape index (κ3) is 2.49. The monoisotopic (exact) mass is 337 g/mol. The number of fused-ring (bicyclic) bond motifs is 1. The number of carbonyl (C=O) groups excluding carboxylic acids is 1. The number of thioether (sulfide) groups is 1. The molecule has 1 atom stereocenters. The van der Waals surface area contributed by atoms with Crippen molar-refractivity contribution in [1.82, 2.24) is 9.55 Å². The van der Waals surface area contributed by atoms with Crippen LogP contribution in [-0.4, -0.2) is 28.3 Å². The smallest absolute Gasteiger partial charge is 0.227 e. The van der Waals surface area contributed by atoms with Gasteiger partial charge in [0.05, 0.1) is 11.0 Å². The van der Waals surface area contributed by atoms with E-state index in [9.17, 15) is 4.79 Å². The third-order valence-electron chi connectivity index (χ3n) is 4.68. The molecule has 1 aromatic heterocycles. The Balaban J connectivity index is 1.66. The molecular formula is C19H19N3OS. The molecular weight excluding hydrogens is 318 g/mol. The van der Waals surface area contributed by atoms with Crippen molar-refractivity contribution >= 4 is 34.4 Å². The number of aromatic nitrogens is 2. The number of imidazole rings is 1. The fourth-order valence-electron chi connectivity index (χ4n) is 3.44. The Hall–Kier alpha value is -2.27. The number of rotatable bonds is 3. The van der Waals surface area contributed by atoms with E-state index in [4.69, 9.17) is 4.98 Å². The molecule has 2 aromatic carbocycles. The Morgan fingerprint density at radius 1 is 1.17 bits per heavy atom. The zero-order chi connectivity index (χ0) is 16.7. The summed E-state index contributed by atoms with van der Waals surface area (Å²) >= 11 is 1.69. The van der Waals surface area contributed by atoms with Crippen LogP contribution in [0.5, 0.6) is 0 Å². The number of aryl methyl sites for hydroxylation is 1. The van der Waals surface area contributed by atoms with Gasteiger partial charge in [0.15, 0.2) is 0 Å². The molecule has 5 heteroatoms. The highest BCUT2D eigenvalue weighted by Crippen LogP contribution is 2.33. The van der Waals surface area contributed by atoms with E-state index in [0.717, 1.165) is 22.5 Å². The molecule has 1 amide bonds. The molecule has 122 valence electrons. The first-order valence-corrected chi connectivity index (χ1v) is 9.25. The van der Waals surface area contributed by atoms with Crippen molar-refractivity contribution in [2.45, 2.75) is 17.2 Å². The van der Waals surface area contributed by atoms with Crippen LogP contribution in [0.2, 0.25) is 0 Å². The molecule has 1 saturated heterocycles. The lowest BCUT2D eigenvalue weighted by Gasteiger charge is -2.17. The van der Waals surface area contributed by atoms with Crippen LogP contribution >= 0.6 is 11.8 Å². The summed E-state index contributed by atoms with van der Waals surface area (Å²) in [5.41, 5.74) is 3.08. The minimum atomic E-state index is 0.132. The van der Waals surface area contributed by atoms with Crippen molar-refractivity contribution in [3.63, 3.8) is 0 Å². The summed E-state index contributed by atoms with van der Waals surface area (Å²) in [6.07, 6.45) is 2.56. The molecule has 0 saturated carbocycles. The van der Waals surface area contributed by atoms with Crippen LogP contribution < -0.4 is 4.90 Å². The lowest BCUT2D eigenvalue weighted by Crippen LogP contribution is -2.24. The van der Waals surface area contributed by atoms with Crippen molar-refractivity contribution in [2.24, 2.45) is 7.05 Å². The van der Waals surface area contributed by atoms with Gasteiger partial charge in [-0.05, 0) is 36.6 Å². The van der Waals surface area contributed by atoms with Crippen LogP contribution in [-0.2, 0) is 11.8 Å². The molecule has 1 fully saturated rings. The number of amides is 1.